The molecule has 0 fully saturated rings. The van der Waals surface area contributed by atoms with E-state index in [2.05, 4.69) is 0 Å². The Balaban J connectivity index is 1.78. The summed E-state index contributed by atoms with van der Waals surface area (Å²) in [5.74, 6) is -0.175. The van der Waals surface area contributed by atoms with E-state index >= 15 is 0 Å². The first-order valence-corrected chi connectivity index (χ1v) is 10.1. The van der Waals surface area contributed by atoms with E-state index in [4.69, 9.17) is 14.6 Å². The van der Waals surface area contributed by atoms with Gasteiger partial charge in [0.2, 0.25) is 0 Å². The smallest absolute Gasteiger partial charge is 0.303 e. The second-order valence-corrected chi connectivity index (χ2v) is 7.37. The molecule has 0 aliphatic carbocycles. The highest BCUT2D eigenvalue weighted by Gasteiger charge is 2.24. The maximum atomic E-state index is 13.3. The van der Waals surface area contributed by atoms with Gasteiger partial charge in [-0.05, 0) is 54.3 Å². The molecule has 5 nitrogen and oxygen atoms in total. The van der Waals surface area contributed by atoms with E-state index in [1.807, 2.05) is 55.5 Å². The molecular weight excluding hydrogens is 392 g/mol. The van der Waals surface area contributed by atoms with Crippen LogP contribution in [0, 0.1) is 6.92 Å². The van der Waals surface area contributed by atoms with Gasteiger partial charge in [-0.1, -0.05) is 48.5 Å². The van der Waals surface area contributed by atoms with Crippen molar-refractivity contribution in [2.75, 3.05) is 7.11 Å². The van der Waals surface area contributed by atoms with Gasteiger partial charge in [0.05, 0.1) is 7.11 Å². The van der Waals surface area contributed by atoms with Gasteiger partial charge in [0, 0.05) is 17.9 Å². The van der Waals surface area contributed by atoms with Crippen molar-refractivity contribution < 1.29 is 24.2 Å². The quantitative estimate of drug-likeness (QED) is 0.446. The molecule has 160 valence electrons. The Kier molecular flexibility index (Phi) is 7.44. The largest absolute Gasteiger partial charge is 0.497 e. The second kappa shape index (κ2) is 10.4. The van der Waals surface area contributed by atoms with E-state index in [0.717, 1.165) is 22.4 Å². The van der Waals surface area contributed by atoms with Crippen LogP contribution in [0.25, 0.3) is 0 Å². The monoisotopic (exact) mass is 418 g/mol. The predicted molar refractivity (Wildman–Crippen MR) is 119 cm³/mol. The number of carboxylic acids is 1. The number of methoxy groups -OCH3 is 1. The fourth-order valence-corrected chi connectivity index (χ4v) is 3.50. The Morgan fingerprint density at radius 2 is 1.68 bits per heavy atom. The number of ketones is 1. The first-order chi connectivity index (χ1) is 15.0. The maximum absolute atomic E-state index is 13.3. The molecule has 0 aliphatic heterocycles. The van der Waals surface area contributed by atoms with Crippen molar-refractivity contribution >= 4 is 11.8 Å². The van der Waals surface area contributed by atoms with Gasteiger partial charge in [-0.3, -0.25) is 9.59 Å². The Labute approximate surface area is 182 Å². The van der Waals surface area contributed by atoms with Crippen LogP contribution in [-0.2, 0) is 11.4 Å². The van der Waals surface area contributed by atoms with Crippen molar-refractivity contribution in [2.24, 2.45) is 0 Å². The molecule has 1 atom stereocenters. The minimum absolute atomic E-state index is 0.0710. The SMILES string of the molecule is COc1ccc(COc2cccc(C(=O)C(CCC(=O)O)c3ccccc3C)c2)cc1. The molecule has 3 aromatic carbocycles. The molecule has 0 heterocycles. The van der Waals surface area contributed by atoms with Crippen LogP contribution in [0.3, 0.4) is 0 Å². The molecule has 0 bridgehead atoms. The number of rotatable bonds is 10. The zero-order valence-corrected chi connectivity index (χ0v) is 17.7. The lowest BCUT2D eigenvalue weighted by atomic mass is 9.85. The molecule has 1 N–H and O–H groups in total. The van der Waals surface area contributed by atoms with Gasteiger partial charge in [-0.2, -0.15) is 0 Å². The van der Waals surface area contributed by atoms with Crippen LogP contribution in [0.5, 0.6) is 11.5 Å². The van der Waals surface area contributed by atoms with Gasteiger partial charge >= 0.3 is 5.97 Å². The number of carboxylic acid groups (broad SMARTS) is 1. The van der Waals surface area contributed by atoms with Crippen molar-refractivity contribution in [3.8, 4) is 11.5 Å². The average molecular weight is 418 g/mol. The lowest BCUT2D eigenvalue weighted by Gasteiger charge is -2.18. The number of hydrogen-bond acceptors (Lipinski definition) is 4. The minimum atomic E-state index is -0.914. The van der Waals surface area contributed by atoms with E-state index in [1.54, 1.807) is 31.4 Å². The Morgan fingerprint density at radius 3 is 2.35 bits per heavy atom. The third-order valence-corrected chi connectivity index (χ3v) is 5.21. The molecule has 3 aromatic rings. The minimum Gasteiger partial charge on any atom is -0.497 e. The molecule has 0 aromatic heterocycles. The number of carbonyl (C=O) groups is 2. The molecule has 0 saturated carbocycles. The molecule has 5 heteroatoms. The molecule has 31 heavy (non-hydrogen) atoms. The number of aliphatic carboxylic acids is 1. The zero-order chi connectivity index (χ0) is 22.2. The summed E-state index contributed by atoms with van der Waals surface area (Å²) in [7, 11) is 1.62. The van der Waals surface area contributed by atoms with Gasteiger partial charge in [0.25, 0.3) is 0 Å². The van der Waals surface area contributed by atoms with Crippen molar-refractivity contribution in [3.05, 3.63) is 95.1 Å². The highest BCUT2D eigenvalue weighted by atomic mass is 16.5. The standard InChI is InChI=1S/C26H26O5/c1-18-6-3-4-9-23(18)24(14-15-25(27)28)26(29)20-7-5-8-22(16-20)31-17-19-10-12-21(30-2)13-11-19/h3-13,16,24H,14-15,17H2,1-2H3,(H,27,28). The number of benzene rings is 3. The van der Waals surface area contributed by atoms with Gasteiger partial charge in [-0.25, -0.2) is 0 Å². The van der Waals surface area contributed by atoms with Gasteiger partial charge in [-0.15, -0.1) is 0 Å². The first-order valence-electron chi connectivity index (χ1n) is 10.1. The summed E-state index contributed by atoms with van der Waals surface area (Å²) in [6.07, 6.45) is 0.175. The van der Waals surface area contributed by atoms with E-state index in [-0.39, 0.29) is 18.6 Å². The van der Waals surface area contributed by atoms with Crippen LogP contribution in [0.1, 0.15) is 45.8 Å². The Hall–Kier alpha value is -3.60. The summed E-state index contributed by atoms with van der Waals surface area (Å²) in [5.41, 5.74) is 3.32. The summed E-state index contributed by atoms with van der Waals surface area (Å²) >= 11 is 0. The van der Waals surface area contributed by atoms with Crippen LogP contribution >= 0.6 is 0 Å². The van der Waals surface area contributed by atoms with Gasteiger partial charge in [0.15, 0.2) is 5.78 Å². The van der Waals surface area contributed by atoms with Gasteiger partial charge in [0.1, 0.15) is 18.1 Å². The highest BCUT2D eigenvalue weighted by molar-refractivity contribution is 6.01. The molecule has 0 saturated heterocycles. The van der Waals surface area contributed by atoms with Crippen molar-refractivity contribution in [2.45, 2.75) is 32.3 Å². The predicted octanol–water partition coefficient (Wildman–Crippen LogP) is 5.41. The van der Waals surface area contributed by atoms with Crippen LogP contribution in [0.15, 0.2) is 72.8 Å². The van der Waals surface area contributed by atoms with Crippen LogP contribution < -0.4 is 9.47 Å². The molecule has 0 amide bonds. The zero-order valence-electron chi connectivity index (χ0n) is 17.7. The molecular formula is C26H26O5. The summed E-state index contributed by atoms with van der Waals surface area (Å²) in [6.45, 7) is 2.30. The van der Waals surface area contributed by atoms with Crippen molar-refractivity contribution in [3.63, 3.8) is 0 Å². The third-order valence-electron chi connectivity index (χ3n) is 5.21. The number of aryl methyl sites for hydroxylation is 1. The summed E-state index contributed by atoms with van der Waals surface area (Å²) in [4.78, 5) is 24.5. The molecule has 0 spiro atoms. The molecule has 0 radical (unpaired) electrons. The van der Waals surface area contributed by atoms with E-state index in [0.29, 0.717) is 17.9 Å². The molecule has 1 unspecified atom stereocenters. The van der Waals surface area contributed by atoms with Gasteiger partial charge < -0.3 is 14.6 Å². The topological polar surface area (TPSA) is 72.8 Å². The Morgan fingerprint density at radius 1 is 0.935 bits per heavy atom. The number of hydrogen-bond donors (Lipinski definition) is 1. The van der Waals surface area contributed by atoms with Crippen LogP contribution in [-0.4, -0.2) is 24.0 Å². The summed E-state index contributed by atoms with van der Waals surface area (Å²) < 4.78 is 11.0. The number of Topliss-reactive ketones (excluding diaryl/α,β-unsaturated/α-hetero) is 1. The average Bonchev–Trinajstić information content (AvgIpc) is 2.79. The summed E-state index contributed by atoms with van der Waals surface area (Å²) in [5, 5.41) is 9.15. The lowest BCUT2D eigenvalue weighted by molar-refractivity contribution is -0.137. The normalized spacial score (nSPS) is 11.5. The summed E-state index contributed by atoms with van der Waals surface area (Å²) in [6, 6.07) is 22.2. The molecule has 0 aliphatic rings. The first kappa shape index (κ1) is 22.1. The van der Waals surface area contributed by atoms with Crippen LogP contribution in [0.2, 0.25) is 0 Å². The van der Waals surface area contributed by atoms with E-state index in [1.165, 1.54) is 0 Å². The third kappa shape index (κ3) is 5.95. The fourth-order valence-electron chi connectivity index (χ4n) is 3.50. The van der Waals surface area contributed by atoms with E-state index in [9.17, 15) is 9.59 Å². The van der Waals surface area contributed by atoms with E-state index < -0.39 is 11.9 Å². The Bertz CT molecular complexity index is 1040. The van der Waals surface area contributed by atoms with Crippen molar-refractivity contribution in [1.29, 1.82) is 0 Å². The maximum Gasteiger partial charge on any atom is 0.303 e. The number of carbonyl (C=O) groups excluding carboxylic acids is 1. The molecule has 3 rings (SSSR count). The van der Waals surface area contributed by atoms with Crippen LogP contribution in [0.4, 0.5) is 0 Å². The van der Waals surface area contributed by atoms with Crippen molar-refractivity contribution in [1.82, 2.24) is 0 Å². The lowest BCUT2D eigenvalue weighted by Crippen LogP contribution is -2.16. The highest BCUT2D eigenvalue weighted by Crippen LogP contribution is 2.29. The fraction of sp³-hybridized carbons (Fsp3) is 0.231. The number of ether oxygens (including phenoxy) is 2. The second-order valence-electron chi connectivity index (χ2n) is 7.37.